The summed E-state index contributed by atoms with van der Waals surface area (Å²) >= 11 is 18.0. The number of hydrogen-bond donors (Lipinski definition) is 1. The van der Waals surface area contributed by atoms with Crippen LogP contribution in [0.25, 0.3) is 0 Å². The number of carbonyl (C=O) groups excluding carboxylic acids is 1. The fourth-order valence-corrected chi connectivity index (χ4v) is 6.51. The number of rotatable bonds is 13. The first-order valence-electron chi connectivity index (χ1n) is 14.7. The van der Waals surface area contributed by atoms with E-state index in [0.717, 1.165) is 6.07 Å². The van der Waals surface area contributed by atoms with Gasteiger partial charge in [-0.2, -0.15) is 41.7 Å². The molecule has 0 fully saturated rings. The van der Waals surface area contributed by atoms with Crippen molar-refractivity contribution in [3.05, 3.63) is 112 Å². The molecule has 0 aliphatic carbocycles. The first kappa shape index (κ1) is 60.8. The maximum atomic E-state index is 12.8. The molecule has 21 nitrogen and oxygen atoms in total. The zero-order valence-corrected chi connectivity index (χ0v) is 45.3. The van der Waals surface area contributed by atoms with Crippen molar-refractivity contribution in [2.45, 2.75) is 14.7 Å². The Labute approximate surface area is 466 Å². The molecule has 0 atom stereocenters. The topological polar surface area (TPSA) is 347 Å². The van der Waals surface area contributed by atoms with Gasteiger partial charge in [0.25, 0.3) is 0 Å². The summed E-state index contributed by atoms with van der Waals surface area (Å²) in [4.78, 5) is 15.6. The van der Waals surface area contributed by atoms with E-state index in [4.69, 9.17) is 34.8 Å². The van der Waals surface area contributed by atoms with Crippen LogP contribution in [0.4, 0.5) is 34.3 Å². The molecule has 32 heteroatoms. The second kappa shape index (κ2) is 25.7. The molecule has 1 aromatic heterocycles. The van der Waals surface area contributed by atoms with E-state index in [0.29, 0.717) is 23.9 Å². The van der Waals surface area contributed by atoms with E-state index in [-0.39, 0.29) is 180 Å². The SMILES string of the molecule is O=C([O-])c1cc(S(=O)(=O)[O-])ccc1N=N[C-](N=Nc1cc(S(=O)(=O)[O-])cc(S(=O)(=O)[O-])c1[O-])c1cccc(N=Nc2cccc(Nc3nc(Cl)nc(Cl)c3Cl)c2)c1.[Cu+2].[Na+].[Na+].[Na+].[Na+]. The molecule has 1 heterocycles. The maximum absolute atomic E-state index is 12.8. The number of azo groups is 3. The van der Waals surface area contributed by atoms with Gasteiger partial charge in [0, 0.05) is 21.8 Å². The molecule has 0 saturated carbocycles. The third-order valence-corrected chi connectivity index (χ3v) is 10.2. The van der Waals surface area contributed by atoms with Gasteiger partial charge in [-0.3, -0.25) is 0 Å². The van der Waals surface area contributed by atoms with Gasteiger partial charge in [-0.25, -0.2) is 30.2 Å². The molecule has 4 aromatic carbocycles. The predicted octanol–water partition coefficient (Wildman–Crippen LogP) is -6.84. The van der Waals surface area contributed by atoms with Crippen LogP contribution < -0.4 is 134 Å². The van der Waals surface area contributed by atoms with Gasteiger partial charge >= 0.3 is 135 Å². The van der Waals surface area contributed by atoms with Crippen LogP contribution in [0.1, 0.15) is 15.9 Å². The van der Waals surface area contributed by atoms with Gasteiger partial charge in [-0.15, -0.1) is 17.7 Å². The van der Waals surface area contributed by atoms with Crippen LogP contribution >= 0.6 is 34.8 Å². The van der Waals surface area contributed by atoms with Gasteiger partial charge in [0.1, 0.15) is 35.4 Å². The number of carboxylic acids is 1. The van der Waals surface area contributed by atoms with Crippen molar-refractivity contribution in [3.63, 3.8) is 0 Å². The van der Waals surface area contributed by atoms with Crippen LogP contribution in [0, 0.1) is 6.17 Å². The normalized spacial score (nSPS) is 11.5. The average molecular weight is 1050 g/mol. The zero-order valence-electron chi connectivity index (χ0n) is 31.6. The van der Waals surface area contributed by atoms with Gasteiger partial charge < -0.3 is 34.0 Å². The summed E-state index contributed by atoms with van der Waals surface area (Å²) in [6, 6.07) is 14.0. The number of aromatic nitrogens is 2. The Bertz CT molecular complexity index is 2890. The number of aromatic carboxylic acids is 1. The summed E-state index contributed by atoms with van der Waals surface area (Å²) in [5.74, 6) is -3.55. The minimum Gasteiger partial charge on any atom is -0.870 e. The quantitative estimate of drug-likeness (QED) is 0.0286. The summed E-state index contributed by atoms with van der Waals surface area (Å²) in [7, 11) is -16.2. The Morgan fingerprint density at radius 3 is 1.79 bits per heavy atom. The van der Waals surface area contributed by atoms with Crippen LogP contribution in [0.15, 0.2) is 124 Å². The number of hydrogen-bond acceptors (Lipinski definition) is 21. The summed E-state index contributed by atoms with van der Waals surface area (Å²) in [5, 5.41) is 50.2. The Balaban J connectivity index is 0.00000744. The van der Waals surface area contributed by atoms with E-state index < -0.39 is 79.9 Å². The standard InChI is InChI=1S/C30H19Cl3N9O12S3.Cu.4Na/c31-24-26(32)35-30(33)36-28(24)34-15-4-2-6-17(10-15)38-37-16-5-1-3-14(9-16)27(41-39-21-8-7-18(55(46,47)48)11-20(21)29(44)45)42-40-22-12-19(56(49,50)51)13-23(25(22)43)57(52,53)54;;;;;/h1-13,43H,(H,44,45)(H,34,35,36)(H,46,47,48)(H,49,50,51)(H,52,53,54);;;;;/q-1;+2;4*+1/p-5. The first-order valence-corrected chi connectivity index (χ1v) is 20.0. The van der Waals surface area contributed by atoms with E-state index in [9.17, 15) is 53.9 Å². The van der Waals surface area contributed by atoms with Crippen LogP contribution in [-0.2, 0) is 47.4 Å². The number of nitrogens with one attached hydrogen (secondary N) is 1. The van der Waals surface area contributed by atoms with E-state index >= 15 is 0 Å². The monoisotopic (exact) mass is 1050 g/mol. The summed E-state index contributed by atoms with van der Waals surface area (Å²) < 4.78 is 105. The molecule has 0 spiro atoms. The number of anilines is 2. The minimum atomic E-state index is -5.65. The van der Waals surface area contributed by atoms with Gasteiger partial charge in [0.05, 0.1) is 39.0 Å². The number of carboxylic acid groups (broad SMARTS) is 1. The number of nitrogens with zero attached hydrogens (tertiary/aromatic N) is 8. The van der Waals surface area contributed by atoms with Crippen LogP contribution in [-0.4, -0.2) is 54.8 Å². The first-order chi connectivity index (χ1) is 26.6. The Kier molecular flexibility index (Phi) is 25.2. The average Bonchev–Trinajstić information content (AvgIpc) is 3.12. The second-order valence-electron chi connectivity index (χ2n) is 10.7. The van der Waals surface area contributed by atoms with Crippen molar-refractivity contribution in [3.8, 4) is 5.75 Å². The van der Waals surface area contributed by atoms with Gasteiger partial charge in [0.2, 0.25) is 5.28 Å². The van der Waals surface area contributed by atoms with Gasteiger partial charge in [-0.05, 0) is 60.1 Å². The number of benzene rings is 4. The number of carbonyl (C=O) groups is 1. The fourth-order valence-electron chi connectivity index (χ4n) is 4.31. The van der Waals surface area contributed by atoms with Gasteiger partial charge in [-0.1, -0.05) is 41.1 Å². The van der Waals surface area contributed by atoms with E-state index in [1.807, 2.05) is 0 Å². The third-order valence-electron chi connectivity index (χ3n) is 6.83. The minimum absolute atomic E-state index is 0. The molecule has 0 saturated heterocycles. The predicted molar refractivity (Wildman–Crippen MR) is 189 cm³/mol. The van der Waals surface area contributed by atoms with Crippen molar-refractivity contribution in [1.29, 1.82) is 0 Å². The molecule has 5 rings (SSSR count). The van der Waals surface area contributed by atoms with E-state index in [1.165, 1.54) is 30.3 Å². The van der Waals surface area contributed by atoms with Crippen molar-refractivity contribution >= 4 is 105 Å². The largest absolute Gasteiger partial charge is 2.00 e. The van der Waals surface area contributed by atoms with Crippen LogP contribution in [0.3, 0.4) is 0 Å². The molecule has 305 valence electrons. The molecular formula is C30H14Cl3CuN9Na4O12S3. The maximum Gasteiger partial charge on any atom is 2.00 e. The molecule has 0 aliphatic rings. The summed E-state index contributed by atoms with van der Waals surface area (Å²) in [6.45, 7) is 0. The van der Waals surface area contributed by atoms with Crippen LogP contribution in [0.2, 0.25) is 15.5 Å². The van der Waals surface area contributed by atoms with Crippen LogP contribution in [0.5, 0.6) is 5.75 Å². The van der Waals surface area contributed by atoms with E-state index in [1.54, 1.807) is 18.2 Å². The van der Waals surface area contributed by atoms with Crippen molar-refractivity contribution < 1.29 is 189 Å². The van der Waals surface area contributed by atoms with Gasteiger partial charge in [0.15, 0.2) is 11.0 Å². The van der Waals surface area contributed by atoms with E-state index in [2.05, 4.69) is 46.0 Å². The number of halogens is 3. The zero-order chi connectivity index (χ0) is 41.9. The smallest absolute Gasteiger partial charge is 0.870 e. The summed E-state index contributed by atoms with van der Waals surface area (Å²) in [6.07, 6.45) is -0.650. The van der Waals surface area contributed by atoms with Crippen molar-refractivity contribution in [2.24, 2.45) is 30.7 Å². The molecule has 0 amide bonds. The second-order valence-corrected chi connectivity index (χ2v) is 15.9. The fraction of sp³-hybridized carbons (Fsp3) is 0. The Morgan fingerprint density at radius 1 is 0.661 bits per heavy atom. The Morgan fingerprint density at radius 2 is 1.23 bits per heavy atom. The molecule has 62 heavy (non-hydrogen) atoms. The summed E-state index contributed by atoms with van der Waals surface area (Å²) in [5.41, 5.74) is -1.96. The third kappa shape index (κ3) is 16.6. The van der Waals surface area contributed by atoms with Crippen molar-refractivity contribution in [2.75, 3.05) is 5.32 Å². The Hall–Kier alpha value is -1.18. The molecule has 1 radical (unpaired) electrons. The molecule has 0 unspecified atom stereocenters. The molecule has 0 bridgehead atoms. The molecule has 5 aromatic rings. The molecular weight excluding hydrogens is 1040 g/mol. The van der Waals surface area contributed by atoms with Crippen molar-refractivity contribution in [1.82, 2.24) is 9.97 Å². The molecule has 0 aliphatic heterocycles. The molecule has 1 N–H and O–H groups in total.